The summed E-state index contributed by atoms with van der Waals surface area (Å²) in [7, 11) is 0. The molecule has 0 spiro atoms. The van der Waals surface area contributed by atoms with Crippen molar-refractivity contribution in [1.29, 1.82) is 0 Å². The Hall–Kier alpha value is -2.09. The van der Waals surface area contributed by atoms with E-state index in [1.165, 1.54) is 28.7 Å². The molecule has 0 amide bonds. The van der Waals surface area contributed by atoms with Gasteiger partial charge in [-0.15, -0.1) is 0 Å². The highest BCUT2D eigenvalue weighted by atomic mass is 16.5. The van der Waals surface area contributed by atoms with E-state index in [0.29, 0.717) is 0 Å². The van der Waals surface area contributed by atoms with Gasteiger partial charge in [0.25, 0.3) is 0 Å². The molecule has 0 atom stereocenters. The van der Waals surface area contributed by atoms with Crippen LogP contribution in [0.25, 0.3) is 0 Å². The molecule has 116 valence electrons. The van der Waals surface area contributed by atoms with Crippen LogP contribution in [0.1, 0.15) is 35.6 Å². The smallest absolute Gasteiger partial charge is 0.122 e. The Morgan fingerprint density at radius 2 is 1.73 bits per heavy atom. The standard InChI is InChI=1S/C10H13N.C10H12O/c1-4-11-10-6-5-8(2)7-9(10)3;1-8-4-5-10-9(7-8)3-2-6-11-10/h4-7H,1-3H3;4-5,7H,2-3,6H2,1H3. The quantitative estimate of drug-likeness (QED) is 0.650. The molecule has 22 heavy (non-hydrogen) atoms. The molecule has 0 saturated heterocycles. The highest BCUT2D eigenvalue weighted by molar-refractivity contribution is 5.62. The number of hydrogen-bond donors (Lipinski definition) is 0. The van der Waals surface area contributed by atoms with Crippen LogP contribution in [-0.2, 0) is 6.42 Å². The second kappa shape index (κ2) is 7.79. The lowest BCUT2D eigenvalue weighted by atomic mass is 10.0. The minimum Gasteiger partial charge on any atom is -0.493 e. The van der Waals surface area contributed by atoms with Crippen molar-refractivity contribution in [2.45, 2.75) is 40.5 Å². The summed E-state index contributed by atoms with van der Waals surface area (Å²) >= 11 is 0. The number of ether oxygens (including phenoxy) is 1. The Balaban J connectivity index is 0.000000160. The summed E-state index contributed by atoms with van der Waals surface area (Å²) in [5.74, 6) is 1.09. The van der Waals surface area contributed by atoms with Crippen molar-refractivity contribution in [2.75, 3.05) is 6.61 Å². The normalized spacial score (nSPS) is 13.1. The third-order valence-corrected chi connectivity index (χ3v) is 3.68. The van der Waals surface area contributed by atoms with Crippen LogP contribution in [-0.4, -0.2) is 12.8 Å². The van der Waals surface area contributed by atoms with Gasteiger partial charge in [-0.1, -0.05) is 35.4 Å². The van der Waals surface area contributed by atoms with Crippen LogP contribution in [0.5, 0.6) is 5.75 Å². The van der Waals surface area contributed by atoms with Gasteiger partial charge in [0.15, 0.2) is 0 Å². The Morgan fingerprint density at radius 3 is 2.45 bits per heavy atom. The molecule has 0 fully saturated rings. The van der Waals surface area contributed by atoms with Crippen LogP contribution in [0.15, 0.2) is 41.4 Å². The summed E-state index contributed by atoms with van der Waals surface area (Å²) in [5.41, 5.74) is 6.30. The lowest BCUT2D eigenvalue weighted by molar-refractivity contribution is 0.288. The maximum Gasteiger partial charge on any atom is 0.122 e. The minimum absolute atomic E-state index is 0.885. The predicted octanol–water partition coefficient (Wildman–Crippen LogP) is 5.35. The molecule has 1 aliphatic heterocycles. The Morgan fingerprint density at radius 1 is 1.00 bits per heavy atom. The SMILES string of the molecule is CC=Nc1ccc(C)cc1C.Cc1ccc2c(c1)CCCO2. The first-order valence-electron chi connectivity index (χ1n) is 7.88. The fourth-order valence-electron chi connectivity index (χ4n) is 2.58. The fraction of sp³-hybridized carbons (Fsp3) is 0.350. The van der Waals surface area contributed by atoms with E-state index in [2.05, 4.69) is 56.1 Å². The summed E-state index contributed by atoms with van der Waals surface area (Å²) < 4.78 is 5.48. The van der Waals surface area contributed by atoms with Crippen molar-refractivity contribution >= 4 is 11.9 Å². The van der Waals surface area contributed by atoms with E-state index in [-0.39, 0.29) is 0 Å². The average molecular weight is 295 g/mol. The maximum atomic E-state index is 5.48. The Labute approximate surface area is 133 Å². The highest BCUT2D eigenvalue weighted by Crippen LogP contribution is 2.24. The van der Waals surface area contributed by atoms with Gasteiger partial charge in [-0.25, -0.2) is 0 Å². The molecule has 0 aliphatic carbocycles. The molecule has 0 saturated carbocycles. The van der Waals surface area contributed by atoms with Crippen LogP contribution in [0, 0.1) is 20.8 Å². The third-order valence-electron chi connectivity index (χ3n) is 3.68. The van der Waals surface area contributed by atoms with Crippen LogP contribution in [0.4, 0.5) is 5.69 Å². The van der Waals surface area contributed by atoms with Crippen LogP contribution in [0.3, 0.4) is 0 Å². The van der Waals surface area contributed by atoms with Crippen molar-refractivity contribution in [3.05, 3.63) is 58.7 Å². The second-order valence-electron chi connectivity index (χ2n) is 5.74. The zero-order valence-electron chi connectivity index (χ0n) is 14.0. The summed E-state index contributed by atoms with van der Waals surface area (Å²) in [6.45, 7) is 9.10. The number of nitrogens with zero attached hydrogens (tertiary/aromatic N) is 1. The molecule has 2 nitrogen and oxygen atoms in total. The van der Waals surface area contributed by atoms with E-state index in [0.717, 1.165) is 24.5 Å². The van der Waals surface area contributed by atoms with E-state index in [4.69, 9.17) is 4.74 Å². The molecule has 2 aromatic rings. The number of aliphatic imine (C=N–C) groups is 1. The second-order valence-corrected chi connectivity index (χ2v) is 5.74. The van der Waals surface area contributed by atoms with Crippen LogP contribution >= 0.6 is 0 Å². The molecule has 0 unspecified atom stereocenters. The molecule has 0 aromatic heterocycles. The molecule has 3 rings (SSSR count). The zero-order valence-corrected chi connectivity index (χ0v) is 14.0. The molecule has 1 aliphatic rings. The topological polar surface area (TPSA) is 21.6 Å². The van der Waals surface area contributed by atoms with E-state index < -0.39 is 0 Å². The molecule has 0 N–H and O–H groups in total. The zero-order chi connectivity index (χ0) is 15.9. The largest absolute Gasteiger partial charge is 0.493 e. The van der Waals surface area contributed by atoms with Gasteiger partial charge in [-0.05, 0) is 63.8 Å². The van der Waals surface area contributed by atoms with Crippen molar-refractivity contribution in [3.63, 3.8) is 0 Å². The molecular formula is C20H25NO. The summed E-state index contributed by atoms with van der Waals surface area (Å²) in [4.78, 5) is 4.22. The van der Waals surface area contributed by atoms with Gasteiger partial charge in [0.1, 0.15) is 5.75 Å². The summed E-state index contributed by atoms with van der Waals surface area (Å²) in [6, 6.07) is 12.7. The van der Waals surface area contributed by atoms with E-state index in [9.17, 15) is 0 Å². The molecule has 0 bridgehead atoms. The number of rotatable bonds is 1. The Kier molecular flexibility index (Phi) is 5.76. The Bertz CT molecular complexity index is 659. The highest BCUT2D eigenvalue weighted by Gasteiger charge is 2.08. The monoisotopic (exact) mass is 295 g/mol. The van der Waals surface area contributed by atoms with Gasteiger partial charge < -0.3 is 4.74 Å². The third kappa shape index (κ3) is 4.45. The van der Waals surface area contributed by atoms with Gasteiger partial charge in [0.05, 0.1) is 12.3 Å². The first-order valence-corrected chi connectivity index (χ1v) is 7.88. The van der Waals surface area contributed by atoms with Crippen molar-refractivity contribution in [3.8, 4) is 5.75 Å². The fourth-order valence-corrected chi connectivity index (χ4v) is 2.58. The number of aryl methyl sites for hydroxylation is 4. The lowest BCUT2D eigenvalue weighted by Gasteiger charge is -2.16. The number of benzene rings is 2. The van der Waals surface area contributed by atoms with Gasteiger partial charge >= 0.3 is 0 Å². The van der Waals surface area contributed by atoms with Gasteiger partial charge in [0.2, 0.25) is 0 Å². The van der Waals surface area contributed by atoms with E-state index >= 15 is 0 Å². The summed E-state index contributed by atoms with van der Waals surface area (Å²) in [5, 5.41) is 0. The number of fused-ring (bicyclic) bond motifs is 1. The van der Waals surface area contributed by atoms with Crippen molar-refractivity contribution in [1.82, 2.24) is 0 Å². The maximum absolute atomic E-state index is 5.48. The summed E-state index contributed by atoms with van der Waals surface area (Å²) in [6.07, 6.45) is 4.16. The van der Waals surface area contributed by atoms with Gasteiger partial charge in [-0.3, -0.25) is 4.99 Å². The van der Waals surface area contributed by atoms with E-state index in [1.54, 1.807) is 0 Å². The van der Waals surface area contributed by atoms with Crippen LogP contribution in [0.2, 0.25) is 0 Å². The average Bonchev–Trinajstić information content (AvgIpc) is 2.51. The van der Waals surface area contributed by atoms with Crippen molar-refractivity contribution in [2.24, 2.45) is 4.99 Å². The predicted molar refractivity (Wildman–Crippen MR) is 94.7 cm³/mol. The molecule has 0 radical (unpaired) electrons. The first-order chi connectivity index (χ1) is 10.6. The molecule has 2 heteroatoms. The van der Waals surface area contributed by atoms with E-state index in [1.807, 2.05) is 19.2 Å². The minimum atomic E-state index is 0.885. The molecular weight excluding hydrogens is 270 g/mol. The van der Waals surface area contributed by atoms with Gasteiger partial charge in [0, 0.05) is 6.21 Å². The lowest BCUT2D eigenvalue weighted by Crippen LogP contribution is -2.07. The van der Waals surface area contributed by atoms with Crippen molar-refractivity contribution < 1.29 is 4.74 Å². The first kappa shape index (κ1) is 16.3. The number of hydrogen-bond acceptors (Lipinski definition) is 2. The van der Waals surface area contributed by atoms with Gasteiger partial charge in [-0.2, -0.15) is 0 Å². The molecule has 2 aromatic carbocycles. The van der Waals surface area contributed by atoms with Crippen LogP contribution < -0.4 is 4.74 Å². The molecule has 1 heterocycles.